The molecule has 182 valence electrons. The number of hydrogen-bond acceptors (Lipinski definition) is 5. The summed E-state index contributed by atoms with van der Waals surface area (Å²) in [4.78, 5) is 38.2. The summed E-state index contributed by atoms with van der Waals surface area (Å²) >= 11 is 1.38. The third-order valence-electron chi connectivity index (χ3n) is 5.54. The standard InChI is InChI=1S/C28H24N2O5S/c1-17(26(31)30-23-11-3-4-12-24(23)35-2)36-20-15-13-19(14-16-20)29-27(32)21-9-5-7-18-8-6-10-22(25(18)21)28(33)34/h3-17H,1-2H3,(H,29,32)(H,30,31)(H,33,34). The third-order valence-corrected chi connectivity index (χ3v) is 6.65. The molecule has 0 aromatic heterocycles. The van der Waals surface area contributed by atoms with E-state index >= 15 is 0 Å². The highest BCUT2D eigenvalue weighted by Gasteiger charge is 2.18. The number of aromatic carboxylic acids is 1. The Morgan fingerprint density at radius 2 is 1.50 bits per heavy atom. The monoisotopic (exact) mass is 500 g/mol. The number of rotatable bonds is 8. The van der Waals surface area contributed by atoms with Crippen molar-refractivity contribution in [3.63, 3.8) is 0 Å². The van der Waals surface area contributed by atoms with Gasteiger partial charge in [0.15, 0.2) is 0 Å². The second-order valence-corrected chi connectivity index (χ2v) is 9.36. The molecule has 0 aliphatic heterocycles. The highest BCUT2D eigenvalue weighted by atomic mass is 32.2. The van der Waals surface area contributed by atoms with Crippen LogP contribution in [0.1, 0.15) is 27.6 Å². The minimum Gasteiger partial charge on any atom is -0.495 e. The number of nitrogens with one attached hydrogen (secondary N) is 2. The van der Waals surface area contributed by atoms with Crippen LogP contribution in [-0.4, -0.2) is 35.2 Å². The molecular formula is C28H24N2O5S. The third kappa shape index (κ3) is 5.50. The highest BCUT2D eigenvalue weighted by Crippen LogP contribution is 2.29. The van der Waals surface area contributed by atoms with Gasteiger partial charge in [0.25, 0.3) is 5.91 Å². The topological polar surface area (TPSA) is 105 Å². The van der Waals surface area contributed by atoms with Gasteiger partial charge in [0.2, 0.25) is 5.91 Å². The number of para-hydroxylation sites is 2. The normalized spacial score (nSPS) is 11.5. The maximum atomic E-state index is 13.0. The molecule has 3 N–H and O–H groups in total. The molecule has 0 fully saturated rings. The van der Waals surface area contributed by atoms with Gasteiger partial charge in [0, 0.05) is 21.5 Å². The van der Waals surface area contributed by atoms with E-state index in [1.165, 1.54) is 17.8 Å². The molecule has 4 rings (SSSR count). The van der Waals surface area contributed by atoms with E-state index in [1.54, 1.807) is 61.7 Å². The van der Waals surface area contributed by atoms with Gasteiger partial charge in [-0.1, -0.05) is 36.4 Å². The Hall–Kier alpha value is -4.30. The predicted molar refractivity (Wildman–Crippen MR) is 142 cm³/mol. The number of benzene rings is 4. The van der Waals surface area contributed by atoms with Crippen molar-refractivity contribution in [3.05, 3.63) is 96.1 Å². The molecule has 4 aromatic rings. The van der Waals surface area contributed by atoms with E-state index in [0.29, 0.717) is 27.9 Å². The Labute approximate surface area is 212 Å². The summed E-state index contributed by atoms with van der Waals surface area (Å²) in [6, 6.07) is 24.4. The van der Waals surface area contributed by atoms with E-state index in [0.717, 1.165) is 4.90 Å². The van der Waals surface area contributed by atoms with Gasteiger partial charge in [0.05, 0.1) is 23.6 Å². The minimum absolute atomic E-state index is 0.0744. The van der Waals surface area contributed by atoms with Crippen LogP contribution in [0.25, 0.3) is 10.8 Å². The summed E-state index contributed by atoms with van der Waals surface area (Å²) in [6.07, 6.45) is 0. The first-order valence-corrected chi connectivity index (χ1v) is 12.0. The lowest BCUT2D eigenvalue weighted by Crippen LogP contribution is -2.22. The Morgan fingerprint density at radius 3 is 2.17 bits per heavy atom. The van der Waals surface area contributed by atoms with Gasteiger partial charge in [-0.2, -0.15) is 0 Å². The van der Waals surface area contributed by atoms with E-state index in [4.69, 9.17) is 4.74 Å². The number of carbonyl (C=O) groups excluding carboxylic acids is 2. The van der Waals surface area contributed by atoms with Crippen molar-refractivity contribution in [3.8, 4) is 5.75 Å². The van der Waals surface area contributed by atoms with Gasteiger partial charge in [-0.15, -0.1) is 11.8 Å². The van der Waals surface area contributed by atoms with Gasteiger partial charge in [0.1, 0.15) is 5.75 Å². The number of ether oxygens (including phenoxy) is 1. The van der Waals surface area contributed by atoms with Gasteiger partial charge < -0.3 is 20.5 Å². The second-order valence-electron chi connectivity index (χ2n) is 7.94. The summed E-state index contributed by atoms with van der Waals surface area (Å²) in [5.74, 6) is -1.07. The molecule has 0 aliphatic carbocycles. The van der Waals surface area contributed by atoms with Crippen LogP contribution in [0, 0.1) is 0 Å². The number of amides is 2. The van der Waals surface area contributed by atoms with Crippen molar-refractivity contribution in [2.75, 3.05) is 17.7 Å². The maximum absolute atomic E-state index is 13.0. The molecular weight excluding hydrogens is 476 g/mol. The lowest BCUT2D eigenvalue weighted by molar-refractivity contribution is -0.115. The summed E-state index contributed by atoms with van der Waals surface area (Å²) in [5, 5.41) is 16.0. The molecule has 0 heterocycles. The van der Waals surface area contributed by atoms with Crippen molar-refractivity contribution < 1.29 is 24.2 Å². The SMILES string of the molecule is COc1ccccc1NC(=O)C(C)Sc1ccc(NC(=O)c2cccc3cccc(C(=O)O)c23)cc1. The zero-order valence-corrected chi connectivity index (χ0v) is 20.5. The highest BCUT2D eigenvalue weighted by molar-refractivity contribution is 8.00. The van der Waals surface area contributed by atoms with Crippen molar-refractivity contribution in [1.29, 1.82) is 0 Å². The molecule has 2 amide bonds. The zero-order valence-electron chi connectivity index (χ0n) is 19.6. The fourth-order valence-corrected chi connectivity index (χ4v) is 4.63. The van der Waals surface area contributed by atoms with E-state index < -0.39 is 11.9 Å². The number of carbonyl (C=O) groups is 3. The molecule has 8 heteroatoms. The molecule has 0 spiro atoms. The van der Waals surface area contributed by atoms with Gasteiger partial charge in [-0.25, -0.2) is 4.79 Å². The van der Waals surface area contributed by atoms with Crippen LogP contribution in [-0.2, 0) is 4.79 Å². The summed E-state index contributed by atoms with van der Waals surface area (Å²) in [5.41, 5.74) is 1.52. The van der Waals surface area contributed by atoms with Crippen molar-refractivity contribution in [2.45, 2.75) is 17.1 Å². The molecule has 0 saturated carbocycles. The molecule has 36 heavy (non-hydrogen) atoms. The van der Waals surface area contributed by atoms with Crippen molar-refractivity contribution in [1.82, 2.24) is 0 Å². The Kier molecular flexibility index (Phi) is 7.56. The van der Waals surface area contributed by atoms with Crippen LogP contribution in [0.5, 0.6) is 5.75 Å². The number of carboxylic acid groups (broad SMARTS) is 1. The lowest BCUT2D eigenvalue weighted by atomic mass is 9.98. The molecule has 1 unspecified atom stereocenters. The lowest BCUT2D eigenvalue weighted by Gasteiger charge is -2.14. The average molecular weight is 501 g/mol. The Bertz CT molecular complexity index is 1430. The summed E-state index contributed by atoms with van der Waals surface area (Å²) < 4.78 is 5.28. The molecule has 4 aromatic carbocycles. The molecule has 0 aliphatic rings. The fraction of sp³-hybridized carbons (Fsp3) is 0.107. The number of hydrogen-bond donors (Lipinski definition) is 3. The van der Waals surface area contributed by atoms with Crippen molar-refractivity contribution in [2.24, 2.45) is 0 Å². The van der Waals surface area contributed by atoms with Crippen LogP contribution in [0.2, 0.25) is 0 Å². The van der Waals surface area contributed by atoms with E-state index in [-0.39, 0.29) is 22.3 Å². The quantitative estimate of drug-likeness (QED) is 0.260. The smallest absolute Gasteiger partial charge is 0.336 e. The predicted octanol–water partition coefficient (Wildman–Crippen LogP) is 5.92. The summed E-state index contributed by atoms with van der Waals surface area (Å²) in [6.45, 7) is 1.81. The van der Waals surface area contributed by atoms with Gasteiger partial charge >= 0.3 is 5.97 Å². The fourth-order valence-electron chi connectivity index (χ4n) is 3.76. The number of fused-ring (bicyclic) bond motifs is 1. The summed E-state index contributed by atoms with van der Waals surface area (Å²) in [7, 11) is 1.55. The van der Waals surface area contributed by atoms with E-state index in [2.05, 4.69) is 10.6 Å². The minimum atomic E-state index is -1.09. The van der Waals surface area contributed by atoms with Crippen LogP contribution in [0.4, 0.5) is 11.4 Å². The average Bonchev–Trinajstić information content (AvgIpc) is 2.89. The molecule has 0 radical (unpaired) electrons. The maximum Gasteiger partial charge on any atom is 0.336 e. The molecule has 7 nitrogen and oxygen atoms in total. The Balaban J connectivity index is 1.44. The van der Waals surface area contributed by atoms with E-state index in [1.807, 2.05) is 31.2 Å². The van der Waals surface area contributed by atoms with Crippen LogP contribution >= 0.6 is 11.8 Å². The molecule has 0 bridgehead atoms. The van der Waals surface area contributed by atoms with Crippen molar-refractivity contribution >= 4 is 51.7 Å². The number of anilines is 2. The number of thioether (sulfide) groups is 1. The van der Waals surface area contributed by atoms with E-state index in [9.17, 15) is 19.5 Å². The molecule has 1 atom stereocenters. The first kappa shape index (κ1) is 24.8. The van der Waals surface area contributed by atoms with Gasteiger partial charge in [-0.3, -0.25) is 9.59 Å². The second kappa shape index (κ2) is 11.0. The first-order chi connectivity index (χ1) is 17.4. The Morgan fingerprint density at radius 1 is 0.833 bits per heavy atom. The molecule has 0 saturated heterocycles. The first-order valence-electron chi connectivity index (χ1n) is 11.1. The van der Waals surface area contributed by atoms with Gasteiger partial charge in [-0.05, 0) is 60.8 Å². The number of methoxy groups -OCH3 is 1. The largest absolute Gasteiger partial charge is 0.495 e. The van der Waals surface area contributed by atoms with Crippen LogP contribution in [0.3, 0.4) is 0 Å². The van der Waals surface area contributed by atoms with Crippen LogP contribution < -0.4 is 15.4 Å². The zero-order chi connectivity index (χ0) is 25.7. The number of carboxylic acids is 1. The van der Waals surface area contributed by atoms with Crippen LogP contribution in [0.15, 0.2) is 89.8 Å².